The molecule has 66 valence electrons. The van der Waals surface area contributed by atoms with Crippen molar-refractivity contribution in [2.75, 3.05) is 7.05 Å². The van der Waals surface area contributed by atoms with Gasteiger partial charge in [0.2, 0.25) is 0 Å². The molecule has 0 aliphatic rings. The van der Waals surface area contributed by atoms with E-state index in [4.69, 9.17) is 0 Å². The summed E-state index contributed by atoms with van der Waals surface area (Å²) in [6.45, 7) is 0.895. The van der Waals surface area contributed by atoms with E-state index in [0.29, 0.717) is 0 Å². The lowest BCUT2D eigenvalue weighted by molar-refractivity contribution is 0.819. The van der Waals surface area contributed by atoms with Crippen molar-refractivity contribution in [3.8, 4) is 0 Å². The van der Waals surface area contributed by atoms with Crippen molar-refractivity contribution in [2.45, 2.75) is 6.54 Å². The second-order valence-corrected chi connectivity index (χ2v) is 3.06. The van der Waals surface area contributed by atoms with Gasteiger partial charge >= 0.3 is 0 Å². The Morgan fingerprint density at radius 3 is 3.08 bits per heavy atom. The molecule has 0 saturated heterocycles. The minimum absolute atomic E-state index is 0.895. The van der Waals surface area contributed by atoms with Gasteiger partial charge in [0.05, 0.1) is 5.52 Å². The third-order valence-electron chi connectivity index (χ3n) is 2.05. The van der Waals surface area contributed by atoms with Crippen LogP contribution in [0.3, 0.4) is 0 Å². The number of fused-ring (bicyclic) bond motifs is 1. The number of aromatic nitrogens is 1. The lowest BCUT2D eigenvalue weighted by Gasteiger charge is -2.01. The van der Waals surface area contributed by atoms with Crippen LogP contribution in [-0.4, -0.2) is 12.0 Å². The minimum atomic E-state index is 0.895. The van der Waals surface area contributed by atoms with E-state index < -0.39 is 0 Å². The maximum atomic E-state index is 4.30. The smallest absolute Gasteiger partial charge is 0.0705 e. The molecule has 0 aliphatic heterocycles. The van der Waals surface area contributed by atoms with Crippen molar-refractivity contribution in [3.63, 3.8) is 0 Å². The van der Waals surface area contributed by atoms with Gasteiger partial charge in [0.25, 0.3) is 0 Å². The van der Waals surface area contributed by atoms with Crippen LogP contribution in [0.5, 0.6) is 0 Å². The molecule has 1 heterocycles. The summed E-state index contributed by atoms with van der Waals surface area (Å²) in [4.78, 5) is 4.30. The van der Waals surface area contributed by atoms with Gasteiger partial charge in [-0.2, -0.15) is 0 Å². The van der Waals surface area contributed by atoms with Crippen LogP contribution in [-0.2, 0) is 6.54 Å². The predicted octanol–water partition coefficient (Wildman–Crippen LogP) is 1.95. The molecule has 0 atom stereocenters. The largest absolute Gasteiger partial charge is 0.316 e. The lowest BCUT2D eigenvalue weighted by Crippen LogP contribution is -2.04. The first-order valence-corrected chi connectivity index (χ1v) is 4.38. The fourth-order valence-corrected chi connectivity index (χ4v) is 1.43. The monoisotopic (exact) mass is 172 g/mol. The van der Waals surface area contributed by atoms with E-state index in [2.05, 4.69) is 34.6 Å². The summed E-state index contributed by atoms with van der Waals surface area (Å²) in [7, 11) is 1.95. The highest BCUT2D eigenvalue weighted by atomic mass is 14.8. The summed E-state index contributed by atoms with van der Waals surface area (Å²) >= 11 is 0. The lowest BCUT2D eigenvalue weighted by atomic mass is 10.1. The van der Waals surface area contributed by atoms with Gasteiger partial charge in [-0.05, 0) is 24.7 Å². The molecule has 2 aromatic rings. The number of hydrogen-bond donors (Lipinski definition) is 1. The Morgan fingerprint density at radius 1 is 1.31 bits per heavy atom. The molecule has 2 nitrogen and oxygen atoms in total. The van der Waals surface area contributed by atoms with E-state index in [1.54, 1.807) is 0 Å². The highest BCUT2D eigenvalue weighted by Gasteiger charge is 1.94. The fraction of sp³-hybridized carbons (Fsp3) is 0.182. The highest BCUT2D eigenvalue weighted by molar-refractivity contribution is 5.78. The average molecular weight is 172 g/mol. The summed E-state index contributed by atoms with van der Waals surface area (Å²) < 4.78 is 0. The molecular weight excluding hydrogens is 160 g/mol. The van der Waals surface area contributed by atoms with Crippen molar-refractivity contribution in [2.24, 2.45) is 0 Å². The van der Waals surface area contributed by atoms with Crippen LogP contribution >= 0.6 is 0 Å². The molecule has 1 N–H and O–H groups in total. The van der Waals surface area contributed by atoms with E-state index in [-0.39, 0.29) is 0 Å². The molecule has 1 aromatic heterocycles. The molecule has 2 rings (SSSR count). The second kappa shape index (κ2) is 3.54. The molecule has 13 heavy (non-hydrogen) atoms. The zero-order valence-corrected chi connectivity index (χ0v) is 7.62. The van der Waals surface area contributed by atoms with Crippen molar-refractivity contribution < 1.29 is 0 Å². The molecule has 0 unspecified atom stereocenters. The summed E-state index contributed by atoms with van der Waals surface area (Å²) in [5.41, 5.74) is 2.34. The predicted molar refractivity (Wildman–Crippen MR) is 54.5 cm³/mol. The third-order valence-corrected chi connectivity index (χ3v) is 2.05. The van der Waals surface area contributed by atoms with Crippen LogP contribution in [0.25, 0.3) is 10.9 Å². The average Bonchev–Trinajstić information content (AvgIpc) is 2.18. The van der Waals surface area contributed by atoms with Crippen LogP contribution < -0.4 is 5.32 Å². The number of benzene rings is 1. The van der Waals surface area contributed by atoms with Crippen LogP contribution in [0, 0.1) is 0 Å². The molecule has 0 saturated carbocycles. The highest BCUT2D eigenvalue weighted by Crippen LogP contribution is 2.12. The first kappa shape index (κ1) is 8.20. The van der Waals surface area contributed by atoms with E-state index in [1.807, 2.05) is 19.3 Å². The Labute approximate surface area is 77.6 Å². The van der Waals surface area contributed by atoms with E-state index in [9.17, 15) is 0 Å². The molecule has 0 fully saturated rings. The Hall–Kier alpha value is -1.41. The van der Waals surface area contributed by atoms with Gasteiger partial charge in [-0.1, -0.05) is 18.2 Å². The van der Waals surface area contributed by atoms with Crippen LogP contribution in [0.1, 0.15) is 5.56 Å². The summed E-state index contributed by atoms with van der Waals surface area (Å²) in [6, 6.07) is 10.4. The Bertz CT molecular complexity index is 410. The van der Waals surface area contributed by atoms with Crippen LogP contribution in [0.15, 0.2) is 36.5 Å². The molecule has 0 bridgehead atoms. The third kappa shape index (κ3) is 1.68. The van der Waals surface area contributed by atoms with E-state index in [1.165, 1.54) is 10.9 Å². The number of nitrogens with one attached hydrogen (secondary N) is 1. The molecule has 0 spiro atoms. The fourth-order valence-electron chi connectivity index (χ4n) is 1.43. The maximum absolute atomic E-state index is 4.30. The van der Waals surface area contributed by atoms with Gasteiger partial charge in [-0.3, -0.25) is 4.98 Å². The second-order valence-electron chi connectivity index (χ2n) is 3.06. The minimum Gasteiger partial charge on any atom is -0.316 e. The number of rotatable bonds is 2. The standard InChI is InChI=1S/C11H12N2/c1-12-8-9-4-5-10-3-2-6-13-11(10)7-9/h2-7,12H,8H2,1H3. The van der Waals surface area contributed by atoms with Crippen molar-refractivity contribution >= 4 is 10.9 Å². The molecule has 0 radical (unpaired) electrons. The number of hydrogen-bond acceptors (Lipinski definition) is 2. The zero-order valence-electron chi connectivity index (χ0n) is 7.62. The quantitative estimate of drug-likeness (QED) is 0.749. The van der Waals surface area contributed by atoms with Gasteiger partial charge < -0.3 is 5.32 Å². The summed E-state index contributed by atoms with van der Waals surface area (Å²) in [5.74, 6) is 0. The van der Waals surface area contributed by atoms with E-state index in [0.717, 1.165) is 12.1 Å². The molecule has 2 heteroatoms. The summed E-state index contributed by atoms with van der Waals surface area (Å²) in [6.07, 6.45) is 1.82. The zero-order chi connectivity index (χ0) is 9.10. The van der Waals surface area contributed by atoms with Gasteiger partial charge in [-0.25, -0.2) is 0 Å². The maximum Gasteiger partial charge on any atom is 0.0705 e. The first-order chi connectivity index (χ1) is 6.40. The normalized spacial score (nSPS) is 10.5. The van der Waals surface area contributed by atoms with Crippen molar-refractivity contribution in [1.29, 1.82) is 0 Å². The van der Waals surface area contributed by atoms with Crippen LogP contribution in [0.2, 0.25) is 0 Å². The van der Waals surface area contributed by atoms with Crippen LogP contribution in [0.4, 0.5) is 0 Å². The SMILES string of the molecule is CNCc1ccc2cccnc2c1. The first-order valence-electron chi connectivity index (χ1n) is 4.38. The number of nitrogens with zero attached hydrogens (tertiary/aromatic N) is 1. The summed E-state index contributed by atoms with van der Waals surface area (Å²) in [5, 5.41) is 4.32. The van der Waals surface area contributed by atoms with Crippen molar-refractivity contribution in [1.82, 2.24) is 10.3 Å². The molecule has 0 amide bonds. The Kier molecular flexibility index (Phi) is 2.23. The van der Waals surface area contributed by atoms with Crippen molar-refractivity contribution in [3.05, 3.63) is 42.1 Å². The Balaban J connectivity index is 2.49. The van der Waals surface area contributed by atoms with Gasteiger partial charge in [0, 0.05) is 18.1 Å². The van der Waals surface area contributed by atoms with Gasteiger partial charge in [0.15, 0.2) is 0 Å². The van der Waals surface area contributed by atoms with Gasteiger partial charge in [-0.15, -0.1) is 0 Å². The van der Waals surface area contributed by atoms with Gasteiger partial charge in [0.1, 0.15) is 0 Å². The number of pyridine rings is 1. The molecular formula is C11H12N2. The molecule has 1 aromatic carbocycles. The topological polar surface area (TPSA) is 24.9 Å². The molecule has 0 aliphatic carbocycles. The Morgan fingerprint density at radius 2 is 2.23 bits per heavy atom. The van der Waals surface area contributed by atoms with E-state index >= 15 is 0 Å².